The Morgan fingerprint density at radius 2 is 2.06 bits per heavy atom. The highest BCUT2D eigenvalue weighted by molar-refractivity contribution is 5.93. The Hall–Kier alpha value is -1.84. The highest BCUT2D eigenvalue weighted by atomic mass is 16.2. The Bertz CT molecular complexity index is 403. The van der Waals surface area contributed by atoms with E-state index in [0.29, 0.717) is 6.42 Å². The summed E-state index contributed by atoms with van der Waals surface area (Å²) in [5.74, 6) is -0.216. The van der Waals surface area contributed by atoms with Crippen LogP contribution in [0.15, 0.2) is 30.3 Å². The molecule has 84 valence electrons. The quantitative estimate of drug-likeness (QED) is 0.714. The Morgan fingerprint density at radius 3 is 2.62 bits per heavy atom. The highest BCUT2D eigenvalue weighted by Gasteiger charge is 2.36. The molecule has 1 aromatic carbocycles. The van der Waals surface area contributed by atoms with Crippen LogP contribution in [0.2, 0.25) is 0 Å². The molecule has 2 rings (SSSR count). The van der Waals surface area contributed by atoms with E-state index in [1.165, 1.54) is 0 Å². The van der Waals surface area contributed by atoms with Crippen molar-refractivity contribution in [2.45, 2.75) is 25.4 Å². The molecule has 0 saturated carbocycles. The monoisotopic (exact) mass is 218 g/mol. The lowest BCUT2D eigenvalue weighted by molar-refractivity contribution is -0.135. The zero-order valence-corrected chi connectivity index (χ0v) is 9.07. The van der Waals surface area contributed by atoms with Gasteiger partial charge in [-0.1, -0.05) is 30.3 Å². The van der Waals surface area contributed by atoms with Gasteiger partial charge in [0.1, 0.15) is 6.04 Å². The second kappa shape index (κ2) is 4.35. The number of hydrogen-bond acceptors (Lipinski definition) is 2. The second-order valence-corrected chi connectivity index (χ2v) is 4.00. The van der Waals surface area contributed by atoms with Gasteiger partial charge < -0.3 is 10.6 Å². The molecule has 16 heavy (non-hydrogen) atoms. The average molecular weight is 218 g/mol. The summed E-state index contributed by atoms with van der Waals surface area (Å²) in [6, 6.07) is 9.14. The van der Waals surface area contributed by atoms with Gasteiger partial charge in [-0.05, 0) is 12.5 Å². The molecule has 1 heterocycles. The van der Waals surface area contributed by atoms with Gasteiger partial charge in [0.05, 0.1) is 12.5 Å². The number of benzene rings is 1. The maximum Gasteiger partial charge on any atom is 0.245 e. The van der Waals surface area contributed by atoms with Crippen LogP contribution in [0, 0.1) is 0 Å². The fraction of sp³-hybridized carbons (Fsp3) is 0.333. The van der Waals surface area contributed by atoms with Gasteiger partial charge in [-0.3, -0.25) is 9.59 Å². The van der Waals surface area contributed by atoms with Crippen LogP contribution < -0.4 is 10.6 Å². The molecule has 4 nitrogen and oxygen atoms in total. The van der Waals surface area contributed by atoms with Crippen LogP contribution in [0.4, 0.5) is 0 Å². The molecule has 1 aliphatic rings. The Morgan fingerprint density at radius 1 is 1.38 bits per heavy atom. The molecule has 4 heteroatoms. The summed E-state index contributed by atoms with van der Waals surface area (Å²) in [5.41, 5.74) is 0.951. The number of hydrogen-bond donors (Lipinski definition) is 2. The van der Waals surface area contributed by atoms with Crippen LogP contribution in [-0.4, -0.2) is 23.9 Å². The maximum absolute atomic E-state index is 11.6. The van der Waals surface area contributed by atoms with Crippen LogP contribution in [-0.2, 0) is 16.0 Å². The zero-order valence-electron chi connectivity index (χ0n) is 9.07. The molecule has 2 N–H and O–H groups in total. The summed E-state index contributed by atoms with van der Waals surface area (Å²) < 4.78 is 0. The van der Waals surface area contributed by atoms with Crippen molar-refractivity contribution < 1.29 is 9.59 Å². The van der Waals surface area contributed by atoms with Crippen LogP contribution in [0.25, 0.3) is 0 Å². The second-order valence-electron chi connectivity index (χ2n) is 4.00. The first kappa shape index (κ1) is 10.7. The molecule has 2 unspecified atom stereocenters. The minimum Gasteiger partial charge on any atom is -0.349 e. The fourth-order valence-corrected chi connectivity index (χ4v) is 1.72. The van der Waals surface area contributed by atoms with Gasteiger partial charge in [-0.15, -0.1) is 0 Å². The van der Waals surface area contributed by atoms with Crippen molar-refractivity contribution in [1.82, 2.24) is 10.6 Å². The highest BCUT2D eigenvalue weighted by Crippen LogP contribution is 2.06. The molecule has 0 bridgehead atoms. The average Bonchev–Trinajstić information content (AvgIpc) is 2.28. The van der Waals surface area contributed by atoms with Crippen molar-refractivity contribution in [1.29, 1.82) is 0 Å². The van der Waals surface area contributed by atoms with E-state index in [1.807, 2.05) is 37.3 Å². The van der Waals surface area contributed by atoms with Gasteiger partial charge in [0.15, 0.2) is 0 Å². The fourth-order valence-electron chi connectivity index (χ4n) is 1.72. The van der Waals surface area contributed by atoms with Crippen molar-refractivity contribution in [2.75, 3.05) is 0 Å². The lowest BCUT2D eigenvalue weighted by Gasteiger charge is -2.34. The Balaban J connectivity index is 1.87. The number of amides is 2. The number of rotatable bonds is 3. The van der Waals surface area contributed by atoms with E-state index >= 15 is 0 Å². The lowest BCUT2D eigenvalue weighted by atomic mass is 10.0. The van der Waals surface area contributed by atoms with E-state index < -0.39 is 0 Å². The summed E-state index contributed by atoms with van der Waals surface area (Å²) in [5, 5.41) is 5.38. The zero-order chi connectivity index (χ0) is 11.5. The molecule has 2 atom stereocenters. The molecule has 2 amide bonds. The Kier molecular flexibility index (Phi) is 2.90. The van der Waals surface area contributed by atoms with Crippen LogP contribution in [0.5, 0.6) is 0 Å². The van der Waals surface area contributed by atoms with E-state index in [4.69, 9.17) is 0 Å². The van der Waals surface area contributed by atoms with Crippen molar-refractivity contribution >= 4 is 11.8 Å². The third-order valence-electron chi connectivity index (χ3n) is 2.68. The largest absolute Gasteiger partial charge is 0.349 e. The van der Waals surface area contributed by atoms with E-state index in [1.54, 1.807) is 0 Å². The minimum absolute atomic E-state index is 0.0345. The Labute approximate surface area is 94.0 Å². The summed E-state index contributed by atoms with van der Waals surface area (Å²) in [4.78, 5) is 22.7. The van der Waals surface area contributed by atoms with Crippen molar-refractivity contribution in [3.63, 3.8) is 0 Å². The van der Waals surface area contributed by atoms with Gasteiger partial charge in [-0.25, -0.2) is 0 Å². The van der Waals surface area contributed by atoms with Crippen LogP contribution in [0.3, 0.4) is 0 Å². The minimum atomic E-state index is -0.365. The normalized spacial score (nSPS) is 23.2. The molecule has 0 aromatic heterocycles. The van der Waals surface area contributed by atoms with Crippen molar-refractivity contribution in [2.24, 2.45) is 0 Å². The molecule has 1 saturated heterocycles. The number of nitrogens with one attached hydrogen (secondary N) is 2. The van der Waals surface area contributed by atoms with Gasteiger partial charge >= 0.3 is 0 Å². The van der Waals surface area contributed by atoms with Crippen molar-refractivity contribution in [3.8, 4) is 0 Å². The van der Waals surface area contributed by atoms with Gasteiger partial charge in [-0.2, -0.15) is 0 Å². The first-order valence-electron chi connectivity index (χ1n) is 5.30. The lowest BCUT2D eigenvalue weighted by Crippen LogP contribution is -2.68. The van der Waals surface area contributed by atoms with E-state index in [2.05, 4.69) is 10.6 Å². The summed E-state index contributed by atoms with van der Waals surface area (Å²) in [6.45, 7) is 1.87. The molecule has 1 fully saturated rings. The molecular weight excluding hydrogens is 204 g/mol. The number of carbonyl (C=O) groups is 2. The first-order chi connectivity index (χ1) is 7.66. The van der Waals surface area contributed by atoms with E-state index in [9.17, 15) is 9.59 Å². The third-order valence-corrected chi connectivity index (χ3v) is 2.68. The van der Waals surface area contributed by atoms with Crippen LogP contribution in [0.1, 0.15) is 12.5 Å². The van der Waals surface area contributed by atoms with Crippen LogP contribution >= 0.6 is 0 Å². The summed E-state index contributed by atoms with van der Waals surface area (Å²) >= 11 is 0. The number of carbonyl (C=O) groups excluding carboxylic acids is 2. The summed E-state index contributed by atoms with van der Waals surface area (Å²) in [7, 11) is 0. The molecular formula is C12H14N2O2. The molecule has 1 aromatic rings. The van der Waals surface area contributed by atoms with E-state index in [-0.39, 0.29) is 23.9 Å². The van der Waals surface area contributed by atoms with Crippen molar-refractivity contribution in [3.05, 3.63) is 35.9 Å². The smallest absolute Gasteiger partial charge is 0.245 e. The predicted molar refractivity (Wildman–Crippen MR) is 59.7 cm³/mol. The topological polar surface area (TPSA) is 58.2 Å². The van der Waals surface area contributed by atoms with Gasteiger partial charge in [0.2, 0.25) is 11.8 Å². The molecule has 0 spiro atoms. The first-order valence-corrected chi connectivity index (χ1v) is 5.30. The van der Waals surface area contributed by atoms with Gasteiger partial charge in [0, 0.05) is 0 Å². The van der Waals surface area contributed by atoms with Gasteiger partial charge in [0.25, 0.3) is 0 Å². The third kappa shape index (κ3) is 2.21. The SMILES string of the molecule is CC1NC(=O)C1NC(=O)Cc1ccccc1. The molecule has 0 aliphatic carbocycles. The molecule has 1 aliphatic heterocycles. The number of β-lactam (4-membered cyclic amide) rings is 1. The van der Waals surface area contributed by atoms with E-state index in [0.717, 1.165) is 5.56 Å². The maximum atomic E-state index is 11.6. The predicted octanol–water partition coefficient (Wildman–Crippen LogP) is 0.232. The standard InChI is InChI=1S/C12H14N2O2/c1-8-11(12(16)13-8)14-10(15)7-9-5-3-2-4-6-9/h2-6,8,11H,7H2,1H3,(H,13,16)(H,14,15). The summed E-state index contributed by atoms with van der Waals surface area (Å²) in [6.07, 6.45) is 0.317. The molecule has 0 radical (unpaired) electrons.